The summed E-state index contributed by atoms with van der Waals surface area (Å²) >= 11 is 1.96. The number of halogens is 3. The first-order chi connectivity index (χ1) is 10.6. The van der Waals surface area contributed by atoms with Crippen molar-refractivity contribution in [2.75, 3.05) is 52.1 Å². The number of guanidine groups is 1. The summed E-state index contributed by atoms with van der Waals surface area (Å²) in [5, 5.41) is 3.29. The van der Waals surface area contributed by atoms with Crippen LogP contribution in [0.2, 0.25) is 0 Å². The van der Waals surface area contributed by atoms with Gasteiger partial charge >= 0.3 is 6.18 Å². The molecule has 0 aromatic heterocycles. The van der Waals surface area contributed by atoms with E-state index in [4.69, 9.17) is 0 Å². The molecule has 0 atom stereocenters. The van der Waals surface area contributed by atoms with Crippen molar-refractivity contribution >= 4 is 17.7 Å². The molecule has 1 N–H and O–H groups in total. The predicted octanol–water partition coefficient (Wildman–Crippen LogP) is 2.66. The Kier molecular flexibility index (Phi) is 8.00. The Labute approximate surface area is 141 Å². The fourth-order valence-electron chi connectivity index (χ4n) is 2.53. The molecular weight excluding hydrogens is 325 g/mol. The third kappa shape index (κ3) is 8.69. The van der Waals surface area contributed by atoms with Gasteiger partial charge in [0.2, 0.25) is 0 Å². The van der Waals surface area contributed by atoms with E-state index in [1.54, 1.807) is 0 Å². The molecule has 0 bridgehead atoms. The van der Waals surface area contributed by atoms with E-state index < -0.39 is 12.7 Å². The number of nitrogens with one attached hydrogen (secondary N) is 1. The summed E-state index contributed by atoms with van der Waals surface area (Å²) in [6, 6.07) is 0. The van der Waals surface area contributed by atoms with Gasteiger partial charge in [-0.05, 0) is 40.8 Å². The molecule has 0 aliphatic carbocycles. The van der Waals surface area contributed by atoms with Gasteiger partial charge in [-0.3, -0.25) is 9.89 Å². The van der Waals surface area contributed by atoms with E-state index >= 15 is 0 Å². The zero-order valence-corrected chi connectivity index (χ0v) is 15.4. The van der Waals surface area contributed by atoms with E-state index in [0.717, 1.165) is 31.3 Å². The molecule has 0 aromatic rings. The van der Waals surface area contributed by atoms with Crippen LogP contribution in [0.5, 0.6) is 0 Å². The van der Waals surface area contributed by atoms with Crippen molar-refractivity contribution in [2.24, 2.45) is 4.99 Å². The number of rotatable bonds is 6. The fourth-order valence-corrected chi connectivity index (χ4v) is 3.65. The van der Waals surface area contributed by atoms with Crippen molar-refractivity contribution in [3.63, 3.8) is 0 Å². The van der Waals surface area contributed by atoms with Gasteiger partial charge in [-0.25, -0.2) is 0 Å². The van der Waals surface area contributed by atoms with E-state index in [-0.39, 0.29) is 4.75 Å². The fraction of sp³-hybridized carbons (Fsp3) is 0.933. The lowest BCUT2D eigenvalue weighted by Gasteiger charge is -2.39. The van der Waals surface area contributed by atoms with Crippen LogP contribution >= 0.6 is 11.8 Å². The molecule has 1 aliphatic rings. The van der Waals surface area contributed by atoms with Gasteiger partial charge < -0.3 is 10.2 Å². The highest BCUT2D eigenvalue weighted by Crippen LogP contribution is 2.29. The van der Waals surface area contributed by atoms with Crippen LogP contribution < -0.4 is 5.32 Å². The molecule has 136 valence electrons. The Bertz CT molecular complexity index is 385. The first kappa shape index (κ1) is 20.4. The first-order valence-corrected chi connectivity index (χ1v) is 9.04. The van der Waals surface area contributed by atoms with Crippen LogP contribution in [-0.4, -0.2) is 78.8 Å². The molecule has 4 nitrogen and oxygen atoms in total. The molecule has 0 amide bonds. The normalized spacial score (nSPS) is 19.3. The van der Waals surface area contributed by atoms with Gasteiger partial charge in [0.15, 0.2) is 5.96 Å². The van der Waals surface area contributed by atoms with Crippen molar-refractivity contribution in [3.8, 4) is 0 Å². The third-order valence-electron chi connectivity index (χ3n) is 3.47. The second-order valence-electron chi connectivity index (χ2n) is 6.47. The van der Waals surface area contributed by atoms with E-state index in [0.29, 0.717) is 19.5 Å². The minimum Gasteiger partial charge on any atom is -0.357 e. The minimum atomic E-state index is -4.13. The van der Waals surface area contributed by atoms with E-state index in [2.05, 4.69) is 29.1 Å². The Hall–Kier alpha value is -0.630. The SMILES string of the molecule is CCNC(=NCCCN(C)CC(F)(F)F)N1CCSC(C)(C)C1. The number of alkyl halides is 3. The topological polar surface area (TPSA) is 30.9 Å². The smallest absolute Gasteiger partial charge is 0.357 e. The lowest BCUT2D eigenvalue weighted by Crippen LogP contribution is -2.51. The monoisotopic (exact) mass is 354 g/mol. The van der Waals surface area contributed by atoms with E-state index in [9.17, 15) is 13.2 Å². The molecule has 0 saturated carbocycles. The highest BCUT2D eigenvalue weighted by Gasteiger charge is 2.29. The van der Waals surface area contributed by atoms with Crippen molar-refractivity contribution in [1.29, 1.82) is 0 Å². The maximum absolute atomic E-state index is 12.3. The lowest BCUT2D eigenvalue weighted by molar-refractivity contribution is -0.143. The van der Waals surface area contributed by atoms with Gasteiger partial charge in [0.1, 0.15) is 0 Å². The van der Waals surface area contributed by atoms with Crippen LogP contribution in [0, 0.1) is 0 Å². The van der Waals surface area contributed by atoms with Crippen LogP contribution in [0.15, 0.2) is 4.99 Å². The predicted molar refractivity (Wildman–Crippen MR) is 92.3 cm³/mol. The maximum Gasteiger partial charge on any atom is 0.401 e. The van der Waals surface area contributed by atoms with Gasteiger partial charge in [0.25, 0.3) is 0 Å². The van der Waals surface area contributed by atoms with Gasteiger partial charge in [0, 0.05) is 36.7 Å². The quantitative estimate of drug-likeness (QED) is 0.451. The summed E-state index contributed by atoms with van der Waals surface area (Å²) in [5.41, 5.74) is 0. The van der Waals surface area contributed by atoms with Crippen molar-refractivity contribution in [2.45, 2.75) is 38.1 Å². The van der Waals surface area contributed by atoms with Gasteiger partial charge in [0.05, 0.1) is 6.54 Å². The van der Waals surface area contributed by atoms with Gasteiger partial charge in [-0.1, -0.05) is 0 Å². The Morgan fingerprint density at radius 3 is 2.65 bits per heavy atom. The maximum atomic E-state index is 12.3. The first-order valence-electron chi connectivity index (χ1n) is 8.05. The number of thioether (sulfide) groups is 1. The molecule has 23 heavy (non-hydrogen) atoms. The zero-order valence-electron chi connectivity index (χ0n) is 14.5. The number of hydrogen-bond donors (Lipinski definition) is 1. The summed E-state index contributed by atoms with van der Waals surface area (Å²) in [4.78, 5) is 8.13. The second-order valence-corrected chi connectivity index (χ2v) is 8.27. The highest BCUT2D eigenvalue weighted by molar-refractivity contribution is 8.00. The minimum absolute atomic E-state index is 0.196. The average molecular weight is 354 g/mol. The molecule has 1 heterocycles. The Morgan fingerprint density at radius 1 is 1.39 bits per heavy atom. The Balaban J connectivity index is 2.46. The summed E-state index contributed by atoms with van der Waals surface area (Å²) in [5.74, 6) is 1.94. The molecule has 0 aromatic carbocycles. The second kappa shape index (κ2) is 9.01. The van der Waals surface area contributed by atoms with E-state index in [1.165, 1.54) is 11.9 Å². The zero-order chi connectivity index (χ0) is 17.5. The van der Waals surface area contributed by atoms with Crippen LogP contribution in [0.25, 0.3) is 0 Å². The summed E-state index contributed by atoms with van der Waals surface area (Å²) < 4.78 is 37.0. The lowest BCUT2D eigenvalue weighted by atomic mass is 10.2. The molecule has 1 fully saturated rings. The highest BCUT2D eigenvalue weighted by atomic mass is 32.2. The summed E-state index contributed by atoms with van der Waals surface area (Å²) in [6.07, 6.45) is -3.52. The largest absolute Gasteiger partial charge is 0.401 e. The number of hydrogen-bond acceptors (Lipinski definition) is 3. The number of nitrogens with zero attached hydrogens (tertiary/aromatic N) is 3. The van der Waals surface area contributed by atoms with Crippen LogP contribution in [0.4, 0.5) is 13.2 Å². The van der Waals surface area contributed by atoms with Crippen LogP contribution in [0.1, 0.15) is 27.2 Å². The average Bonchev–Trinajstić information content (AvgIpc) is 2.39. The van der Waals surface area contributed by atoms with Gasteiger partial charge in [-0.15, -0.1) is 0 Å². The molecule has 1 rings (SSSR count). The van der Waals surface area contributed by atoms with Crippen molar-refractivity contribution < 1.29 is 13.2 Å². The molecule has 0 radical (unpaired) electrons. The third-order valence-corrected chi connectivity index (χ3v) is 4.77. The summed E-state index contributed by atoms with van der Waals surface area (Å²) in [6.45, 7) is 9.20. The van der Waals surface area contributed by atoms with Crippen molar-refractivity contribution in [1.82, 2.24) is 15.1 Å². The standard InChI is InChI=1S/C15H29F3N4S/c1-5-19-13(22-9-10-23-14(2,3)11-22)20-7-6-8-21(4)12-15(16,17)18/h5-12H2,1-4H3,(H,19,20). The van der Waals surface area contributed by atoms with Crippen LogP contribution in [0.3, 0.4) is 0 Å². The Morgan fingerprint density at radius 2 is 2.09 bits per heavy atom. The van der Waals surface area contributed by atoms with Crippen molar-refractivity contribution in [3.05, 3.63) is 0 Å². The molecule has 1 saturated heterocycles. The molecule has 8 heteroatoms. The van der Waals surface area contributed by atoms with Crippen LogP contribution in [-0.2, 0) is 0 Å². The molecular formula is C15H29F3N4S. The molecule has 1 aliphatic heterocycles. The molecule has 0 unspecified atom stereocenters. The summed E-state index contributed by atoms with van der Waals surface area (Å²) in [7, 11) is 1.49. The molecule has 0 spiro atoms. The number of aliphatic imine (C=N–C) groups is 1. The van der Waals surface area contributed by atoms with E-state index in [1.807, 2.05) is 18.7 Å². The van der Waals surface area contributed by atoms with Gasteiger partial charge in [-0.2, -0.15) is 24.9 Å².